The number of rotatable bonds is 4. The number of fused-ring (bicyclic) bond motifs is 1. The van der Waals surface area contributed by atoms with Crippen LogP contribution in [0, 0.1) is 17.6 Å². The Morgan fingerprint density at radius 1 is 1.30 bits per heavy atom. The lowest BCUT2D eigenvalue weighted by molar-refractivity contribution is -0.122. The molecule has 0 spiro atoms. The Labute approximate surface area is 115 Å². The van der Waals surface area contributed by atoms with E-state index in [9.17, 15) is 13.6 Å². The molecule has 1 unspecified atom stereocenters. The number of carbonyl (C=O) groups excluding carboxylic acids is 1. The maximum atomic E-state index is 13.2. The van der Waals surface area contributed by atoms with Gasteiger partial charge in [-0.1, -0.05) is 13.8 Å². The Morgan fingerprint density at radius 2 is 1.95 bits per heavy atom. The smallest absolute Gasteiger partial charge is 0.240 e. The second-order valence-electron chi connectivity index (χ2n) is 5.23. The van der Waals surface area contributed by atoms with E-state index in [4.69, 9.17) is 0 Å². The lowest BCUT2D eigenvalue weighted by Gasteiger charge is -2.17. The Kier molecular flexibility index (Phi) is 4.01. The van der Waals surface area contributed by atoms with Crippen molar-refractivity contribution in [2.75, 3.05) is 0 Å². The van der Waals surface area contributed by atoms with Gasteiger partial charge in [-0.25, -0.2) is 13.8 Å². The van der Waals surface area contributed by atoms with E-state index in [0.717, 1.165) is 12.1 Å². The van der Waals surface area contributed by atoms with Gasteiger partial charge in [0.15, 0.2) is 11.6 Å². The van der Waals surface area contributed by atoms with Gasteiger partial charge in [-0.3, -0.25) is 4.79 Å². The number of carbonyl (C=O) groups is 1. The molecule has 0 aliphatic rings. The molecule has 0 aliphatic heterocycles. The molecule has 4 nitrogen and oxygen atoms in total. The topological polar surface area (TPSA) is 46.9 Å². The van der Waals surface area contributed by atoms with Crippen molar-refractivity contribution in [3.8, 4) is 0 Å². The predicted molar refractivity (Wildman–Crippen MR) is 72.1 cm³/mol. The van der Waals surface area contributed by atoms with Crippen molar-refractivity contribution in [3.05, 3.63) is 30.1 Å². The zero-order chi connectivity index (χ0) is 14.9. The van der Waals surface area contributed by atoms with Crippen molar-refractivity contribution in [1.29, 1.82) is 0 Å². The van der Waals surface area contributed by atoms with Crippen LogP contribution in [0.3, 0.4) is 0 Å². The minimum atomic E-state index is -0.949. The molecule has 1 heterocycles. The van der Waals surface area contributed by atoms with Crippen molar-refractivity contribution < 1.29 is 13.6 Å². The predicted octanol–water partition coefficient (Wildman–Crippen LogP) is 2.48. The quantitative estimate of drug-likeness (QED) is 0.936. The third kappa shape index (κ3) is 2.95. The molecular weight excluding hydrogens is 264 g/mol. The lowest BCUT2D eigenvalue weighted by atomic mass is 10.1. The maximum absolute atomic E-state index is 13.2. The standard InChI is InChI=1S/C14H17F2N3O/c1-8(2)9(3)18-14(20)6-19-7-17-12-4-10(15)11(16)5-13(12)19/h4-5,7-9H,6H2,1-3H3,(H,18,20). The average Bonchev–Trinajstić information content (AvgIpc) is 2.72. The van der Waals surface area contributed by atoms with Crippen LogP contribution in [0.4, 0.5) is 8.78 Å². The first kappa shape index (κ1) is 14.4. The third-order valence-corrected chi connectivity index (χ3v) is 3.37. The molecule has 1 N–H and O–H groups in total. The molecule has 1 aromatic heterocycles. The van der Waals surface area contributed by atoms with E-state index in [-0.39, 0.29) is 18.5 Å². The van der Waals surface area contributed by atoms with Crippen LogP contribution in [0.15, 0.2) is 18.5 Å². The van der Waals surface area contributed by atoms with E-state index in [1.165, 1.54) is 10.9 Å². The van der Waals surface area contributed by atoms with Gasteiger partial charge < -0.3 is 9.88 Å². The highest BCUT2D eigenvalue weighted by atomic mass is 19.2. The molecule has 2 rings (SSSR count). The van der Waals surface area contributed by atoms with Gasteiger partial charge >= 0.3 is 0 Å². The Hall–Kier alpha value is -1.98. The first-order valence-electron chi connectivity index (χ1n) is 6.47. The summed E-state index contributed by atoms with van der Waals surface area (Å²) in [4.78, 5) is 15.9. The number of aromatic nitrogens is 2. The van der Waals surface area contributed by atoms with E-state index < -0.39 is 11.6 Å². The fourth-order valence-electron chi connectivity index (χ4n) is 1.80. The molecule has 1 amide bonds. The van der Waals surface area contributed by atoms with Crippen molar-refractivity contribution in [1.82, 2.24) is 14.9 Å². The summed E-state index contributed by atoms with van der Waals surface area (Å²) in [6.07, 6.45) is 1.41. The van der Waals surface area contributed by atoms with Crippen molar-refractivity contribution >= 4 is 16.9 Å². The van der Waals surface area contributed by atoms with Gasteiger partial charge in [0.05, 0.1) is 17.4 Å². The van der Waals surface area contributed by atoms with Gasteiger partial charge in [0.2, 0.25) is 5.91 Å². The van der Waals surface area contributed by atoms with Crippen LogP contribution in [0.5, 0.6) is 0 Å². The third-order valence-electron chi connectivity index (χ3n) is 3.37. The molecule has 0 aliphatic carbocycles. The van der Waals surface area contributed by atoms with Crippen LogP contribution < -0.4 is 5.32 Å². The summed E-state index contributed by atoms with van der Waals surface area (Å²) < 4.78 is 27.8. The molecule has 1 aromatic carbocycles. The van der Waals surface area contributed by atoms with Crippen LogP contribution in [-0.2, 0) is 11.3 Å². The Morgan fingerprint density at radius 3 is 2.60 bits per heavy atom. The van der Waals surface area contributed by atoms with Crippen molar-refractivity contribution in [2.45, 2.75) is 33.4 Å². The Bertz CT molecular complexity index is 637. The van der Waals surface area contributed by atoms with Crippen LogP contribution in [0.2, 0.25) is 0 Å². The maximum Gasteiger partial charge on any atom is 0.240 e. The number of amides is 1. The van der Waals surface area contributed by atoms with E-state index >= 15 is 0 Å². The molecule has 2 aromatic rings. The number of benzene rings is 1. The minimum Gasteiger partial charge on any atom is -0.352 e. The van der Waals surface area contributed by atoms with Gasteiger partial charge in [0, 0.05) is 18.2 Å². The van der Waals surface area contributed by atoms with E-state index in [0.29, 0.717) is 17.0 Å². The molecular formula is C14H17F2N3O. The molecule has 20 heavy (non-hydrogen) atoms. The van der Waals surface area contributed by atoms with E-state index in [1.54, 1.807) is 0 Å². The number of nitrogens with zero attached hydrogens (tertiary/aromatic N) is 2. The molecule has 0 bridgehead atoms. The highest BCUT2D eigenvalue weighted by Gasteiger charge is 2.14. The number of imidazole rings is 1. The number of nitrogens with one attached hydrogen (secondary N) is 1. The Balaban J connectivity index is 2.18. The first-order valence-corrected chi connectivity index (χ1v) is 6.47. The second kappa shape index (κ2) is 5.56. The fraction of sp³-hybridized carbons (Fsp3) is 0.429. The summed E-state index contributed by atoms with van der Waals surface area (Å²) in [7, 11) is 0. The van der Waals surface area contributed by atoms with E-state index in [1.807, 2.05) is 20.8 Å². The van der Waals surface area contributed by atoms with Crippen LogP contribution in [0.25, 0.3) is 11.0 Å². The SMILES string of the molecule is CC(C)C(C)NC(=O)Cn1cnc2cc(F)c(F)cc21. The number of hydrogen-bond donors (Lipinski definition) is 1. The van der Waals surface area contributed by atoms with Gasteiger partial charge in [-0.05, 0) is 12.8 Å². The van der Waals surface area contributed by atoms with Gasteiger partial charge in [-0.2, -0.15) is 0 Å². The summed E-state index contributed by atoms with van der Waals surface area (Å²) in [5.74, 6) is -1.75. The largest absolute Gasteiger partial charge is 0.352 e. The highest BCUT2D eigenvalue weighted by molar-refractivity contribution is 5.80. The van der Waals surface area contributed by atoms with Gasteiger partial charge in [0.25, 0.3) is 0 Å². The summed E-state index contributed by atoms with van der Waals surface area (Å²) in [6, 6.07) is 2.12. The molecule has 0 saturated heterocycles. The highest BCUT2D eigenvalue weighted by Crippen LogP contribution is 2.17. The molecule has 108 valence electrons. The summed E-state index contributed by atoms with van der Waals surface area (Å²) in [5.41, 5.74) is 0.727. The first-order chi connectivity index (χ1) is 9.38. The van der Waals surface area contributed by atoms with Crippen LogP contribution in [-0.4, -0.2) is 21.5 Å². The second-order valence-corrected chi connectivity index (χ2v) is 5.23. The van der Waals surface area contributed by atoms with Crippen molar-refractivity contribution in [2.24, 2.45) is 5.92 Å². The van der Waals surface area contributed by atoms with E-state index in [2.05, 4.69) is 10.3 Å². The number of hydrogen-bond acceptors (Lipinski definition) is 2. The van der Waals surface area contributed by atoms with Crippen LogP contribution in [0.1, 0.15) is 20.8 Å². The lowest BCUT2D eigenvalue weighted by Crippen LogP contribution is -2.38. The molecule has 0 fully saturated rings. The summed E-state index contributed by atoms with van der Waals surface area (Å²) in [6.45, 7) is 5.97. The fourth-order valence-corrected chi connectivity index (χ4v) is 1.80. The normalized spacial score (nSPS) is 12.9. The van der Waals surface area contributed by atoms with Crippen LogP contribution >= 0.6 is 0 Å². The van der Waals surface area contributed by atoms with Gasteiger partial charge in [0.1, 0.15) is 6.54 Å². The zero-order valence-corrected chi connectivity index (χ0v) is 11.7. The minimum absolute atomic E-state index is 0.0264. The molecule has 0 radical (unpaired) electrons. The molecule has 1 atom stereocenters. The average molecular weight is 281 g/mol. The monoisotopic (exact) mass is 281 g/mol. The van der Waals surface area contributed by atoms with Gasteiger partial charge in [-0.15, -0.1) is 0 Å². The number of halogens is 2. The summed E-state index contributed by atoms with van der Waals surface area (Å²) >= 11 is 0. The zero-order valence-electron chi connectivity index (χ0n) is 11.7. The van der Waals surface area contributed by atoms with Crippen molar-refractivity contribution in [3.63, 3.8) is 0 Å². The molecule has 6 heteroatoms. The summed E-state index contributed by atoms with van der Waals surface area (Å²) in [5, 5.41) is 2.85. The molecule has 0 saturated carbocycles.